The highest BCUT2D eigenvalue weighted by atomic mass is 32.2. The van der Waals surface area contributed by atoms with Crippen LogP contribution in [0.1, 0.15) is 36.5 Å². The molecule has 0 saturated carbocycles. The zero-order chi connectivity index (χ0) is 20.2. The van der Waals surface area contributed by atoms with Crippen LogP contribution in [0.2, 0.25) is 0 Å². The number of benzene rings is 1. The summed E-state index contributed by atoms with van der Waals surface area (Å²) in [5, 5.41) is 4.61. The summed E-state index contributed by atoms with van der Waals surface area (Å²) in [6.07, 6.45) is 5.16. The lowest BCUT2D eigenvalue weighted by atomic mass is 10.1. The highest BCUT2D eigenvalue weighted by Gasteiger charge is 2.18. The molecule has 3 heterocycles. The number of carbonyl (C=O) groups is 2. The van der Waals surface area contributed by atoms with Gasteiger partial charge in [0.2, 0.25) is 5.91 Å². The number of Topliss-reactive ketones (excluding diaryl/α,β-unsaturated/α-hetero) is 1. The van der Waals surface area contributed by atoms with Gasteiger partial charge in [-0.3, -0.25) is 9.59 Å². The number of hydrogen-bond donors (Lipinski definition) is 1. The van der Waals surface area contributed by atoms with Gasteiger partial charge in [0, 0.05) is 24.3 Å². The largest absolute Gasteiger partial charge is 0.348 e. The van der Waals surface area contributed by atoms with Crippen LogP contribution >= 0.6 is 23.1 Å². The lowest BCUT2D eigenvalue weighted by molar-refractivity contribution is -0.113. The van der Waals surface area contributed by atoms with E-state index in [-0.39, 0.29) is 17.4 Å². The first kappa shape index (κ1) is 19.8. The van der Waals surface area contributed by atoms with E-state index in [1.54, 1.807) is 35.6 Å². The summed E-state index contributed by atoms with van der Waals surface area (Å²) >= 11 is 2.98. The number of amides is 1. The van der Waals surface area contributed by atoms with E-state index in [4.69, 9.17) is 0 Å². The number of carbonyl (C=O) groups excluding carboxylic acids is 2. The third kappa shape index (κ3) is 4.73. The van der Waals surface area contributed by atoms with E-state index in [0.717, 1.165) is 27.9 Å². The van der Waals surface area contributed by atoms with Crippen LogP contribution in [0.5, 0.6) is 0 Å². The molecule has 1 saturated heterocycles. The Labute approximate surface area is 177 Å². The molecular weight excluding hydrogens is 406 g/mol. The minimum atomic E-state index is -0.127. The Balaban J connectivity index is 1.41. The molecule has 4 rings (SSSR count). The van der Waals surface area contributed by atoms with E-state index in [9.17, 15) is 9.59 Å². The van der Waals surface area contributed by atoms with Crippen molar-refractivity contribution in [2.75, 3.05) is 29.1 Å². The molecule has 0 atom stereocenters. The molecule has 0 radical (unpaired) electrons. The van der Waals surface area contributed by atoms with Crippen molar-refractivity contribution in [3.05, 3.63) is 36.2 Å². The van der Waals surface area contributed by atoms with Gasteiger partial charge in [0.15, 0.2) is 16.6 Å². The quantitative estimate of drug-likeness (QED) is 0.361. The molecule has 1 aliphatic heterocycles. The fraction of sp³-hybridized carbons (Fsp3) is 0.350. The molecule has 7 nitrogen and oxygen atoms in total. The second-order valence-electron chi connectivity index (χ2n) is 6.85. The summed E-state index contributed by atoms with van der Waals surface area (Å²) < 4.78 is 0.927. The van der Waals surface area contributed by atoms with E-state index in [2.05, 4.69) is 25.2 Å². The molecule has 9 heteroatoms. The maximum absolute atomic E-state index is 12.3. The average Bonchev–Trinajstić information content (AvgIpc) is 3.18. The van der Waals surface area contributed by atoms with Gasteiger partial charge in [-0.15, -0.1) is 0 Å². The first-order valence-electron chi connectivity index (χ1n) is 9.50. The van der Waals surface area contributed by atoms with Gasteiger partial charge in [-0.05, 0) is 50.5 Å². The number of piperidine rings is 1. The van der Waals surface area contributed by atoms with Gasteiger partial charge in [0.05, 0.1) is 5.75 Å². The summed E-state index contributed by atoms with van der Waals surface area (Å²) in [6, 6.07) is 6.88. The van der Waals surface area contributed by atoms with E-state index in [1.165, 1.54) is 44.3 Å². The molecule has 0 aliphatic carbocycles. The standard InChI is InChI=1S/C20H21N5O2S2/c1-13(26)14-5-7-15(8-6-14)23-16(27)11-28-19-17-18(21-12-22-19)24-20(29-17)25-9-3-2-4-10-25/h5-8,12H,2-4,9-11H2,1H3,(H,23,27). The molecular formula is C20H21N5O2S2. The number of thiazole rings is 1. The molecule has 2 aromatic heterocycles. The van der Waals surface area contributed by atoms with Crippen LogP contribution in [0.4, 0.5) is 10.8 Å². The summed E-state index contributed by atoms with van der Waals surface area (Å²) in [6.45, 7) is 3.57. The number of thioether (sulfide) groups is 1. The maximum atomic E-state index is 12.3. The van der Waals surface area contributed by atoms with E-state index >= 15 is 0 Å². The van der Waals surface area contributed by atoms with Crippen molar-refractivity contribution in [1.29, 1.82) is 0 Å². The van der Waals surface area contributed by atoms with Crippen molar-refractivity contribution in [2.45, 2.75) is 31.2 Å². The Hall–Kier alpha value is -2.52. The minimum Gasteiger partial charge on any atom is -0.348 e. The highest BCUT2D eigenvalue weighted by Crippen LogP contribution is 2.34. The van der Waals surface area contributed by atoms with Gasteiger partial charge < -0.3 is 10.2 Å². The monoisotopic (exact) mass is 427 g/mol. The number of ketones is 1. The SMILES string of the molecule is CC(=O)c1ccc(NC(=O)CSc2ncnc3nc(N4CCCCC4)sc23)cc1. The Bertz CT molecular complexity index is 1030. The number of fused-ring (bicyclic) bond motifs is 1. The second-order valence-corrected chi connectivity index (χ2v) is 8.79. The number of hydrogen-bond acceptors (Lipinski definition) is 8. The number of nitrogens with one attached hydrogen (secondary N) is 1. The maximum Gasteiger partial charge on any atom is 0.234 e. The normalized spacial score (nSPS) is 14.2. The van der Waals surface area contributed by atoms with E-state index in [1.807, 2.05) is 0 Å². The molecule has 1 aromatic carbocycles. The van der Waals surface area contributed by atoms with Crippen molar-refractivity contribution in [1.82, 2.24) is 15.0 Å². The molecule has 0 unspecified atom stereocenters. The molecule has 0 spiro atoms. The molecule has 1 N–H and O–H groups in total. The van der Waals surface area contributed by atoms with Crippen molar-refractivity contribution in [3.8, 4) is 0 Å². The Morgan fingerprint density at radius 2 is 1.90 bits per heavy atom. The van der Waals surface area contributed by atoms with E-state index in [0.29, 0.717) is 16.9 Å². The molecule has 29 heavy (non-hydrogen) atoms. The summed E-state index contributed by atoms with van der Waals surface area (Å²) in [7, 11) is 0. The lowest BCUT2D eigenvalue weighted by Gasteiger charge is -2.25. The summed E-state index contributed by atoms with van der Waals surface area (Å²) in [4.78, 5) is 39.3. The van der Waals surface area contributed by atoms with Crippen LogP contribution in [0, 0.1) is 0 Å². The number of anilines is 2. The molecule has 1 fully saturated rings. The van der Waals surface area contributed by atoms with Crippen molar-refractivity contribution >= 4 is 56.0 Å². The van der Waals surface area contributed by atoms with Gasteiger partial charge in [-0.2, -0.15) is 4.98 Å². The fourth-order valence-corrected chi connectivity index (χ4v) is 5.11. The predicted molar refractivity (Wildman–Crippen MR) is 117 cm³/mol. The van der Waals surface area contributed by atoms with Crippen molar-refractivity contribution in [3.63, 3.8) is 0 Å². The molecule has 150 valence electrons. The molecule has 1 aliphatic rings. The second kappa shape index (κ2) is 8.87. The van der Waals surface area contributed by atoms with Gasteiger partial charge >= 0.3 is 0 Å². The van der Waals surface area contributed by atoms with Crippen LogP contribution in [0.15, 0.2) is 35.6 Å². The van der Waals surface area contributed by atoms with Crippen molar-refractivity contribution in [2.24, 2.45) is 0 Å². The number of rotatable bonds is 6. The number of aromatic nitrogens is 3. The summed E-state index contributed by atoms with van der Waals surface area (Å²) in [5.74, 6) is 0.107. The molecule has 3 aromatic rings. The van der Waals surface area contributed by atoms with Gasteiger partial charge in [0.1, 0.15) is 16.1 Å². The van der Waals surface area contributed by atoms with Crippen LogP contribution in [0.3, 0.4) is 0 Å². The number of nitrogens with zero attached hydrogens (tertiary/aromatic N) is 4. The third-order valence-corrected chi connectivity index (χ3v) is 6.92. The smallest absolute Gasteiger partial charge is 0.234 e. The van der Waals surface area contributed by atoms with Crippen LogP contribution in [-0.2, 0) is 4.79 Å². The van der Waals surface area contributed by atoms with Gasteiger partial charge in [-0.1, -0.05) is 23.1 Å². The lowest BCUT2D eigenvalue weighted by Crippen LogP contribution is -2.29. The fourth-order valence-electron chi connectivity index (χ4n) is 3.17. The van der Waals surface area contributed by atoms with Crippen LogP contribution in [0.25, 0.3) is 10.3 Å². The predicted octanol–water partition coefficient (Wildman–Crippen LogP) is 4.01. The zero-order valence-electron chi connectivity index (χ0n) is 16.1. The van der Waals surface area contributed by atoms with Crippen molar-refractivity contribution < 1.29 is 9.59 Å². The first-order valence-corrected chi connectivity index (χ1v) is 11.3. The molecule has 1 amide bonds. The summed E-state index contributed by atoms with van der Waals surface area (Å²) in [5.41, 5.74) is 1.97. The van der Waals surface area contributed by atoms with Gasteiger partial charge in [0.25, 0.3) is 0 Å². The average molecular weight is 428 g/mol. The Morgan fingerprint density at radius 3 is 2.62 bits per heavy atom. The third-order valence-electron chi connectivity index (χ3n) is 4.69. The van der Waals surface area contributed by atoms with Crippen LogP contribution < -0.4 is 10.2 Å². The highest BCUT2D eigenvalue weighted by molar-refractivity contribution is 8.00. The topological polar surface area (TPSA) is 88.1 Å². The Kier molecular flexibility index (Phi) is 6.05. The minimum absolute atomic E-state index is 0.000287. The zero-order valence-corrected chi connectivity index (χ0v) is 17.7. The van der Waals surface area contributed by atoms with Gasteiger partial charge in [-0.25, -0.2) is 9.97 Å². The Morgan fingerprint density at radius 1 is 1.14 bits per heavy atom. The molecule has 0 bridgehead atoms. The van der Waals surface area contributed by atoms with Crippen LogP contribution in [-0.4, -0.2) is 45.5 Å². The first-order chi connectivity index (χ1) is 14.1. The van der Waals surface area contributed by atoms with E-state index < -0.39 is 0 Å².